The molecule has 0 aromatic heterocycles. The molecule has 0 spiro atoms. The predicted octanol–water partition coefficient (Wildman–Crippen LogP) is 2.53. The Morgan fingerprint density at radius 3 is 2.37 bits per heavy atom. The van der Waals surface area contributed by atoms with E-state index in [9.17, 15) is 13.2 Å². The number of sulfonamides is 1. The molecule has 0 aliphatic carbocycles. The van der Waals surface area contributed by atoms with Crippen LogP contribution in [0, 0.1) is 0 Å². The van der Waals surface area contributed by atoms with Crippen molar-refractivity contribution in [2.75, 3.05) is 20.0 Å². The first-order valence-electron chi connectivity index (χ1n) is 8.53. The number of nitrogens with zero attached hydrogens (tertiary/aromatic N) is 2. The molecule has 2 aliphatic rings. The molecule has 0 N–H and O–H groups in total. The van der Waals surface area contributed by atoms with E-state index < -0.39 is 22.1 Å². The minimum atomic E-state index is -3.72. The minimum Gasteiger partial charge on any atom is -0.497 e. The highest BCUT2D eigenvalue weighted by molar-refractivity contribution is 7.89. The zero-order chi connectivity index (χ0) is 19.2. The summed E-state index contributed by atoms with van der Waals surface area (Å²) in [4.78, 5) is 14.6. The lowest BCUT2D eigenvalue weighted by atomic mass is 10.1. The molecule has 27 heavy (non-hydrogen) atoms. The van der Waals surface area contributed by atoms with Crippen LogP contribution in [-0.2, 0) is 23.1 Å². The van der Waals surface area contributed by atoms with Crippen molar-refractivity contribution in [1.29, 1.82) is 0 Å². The predicted molar refractivity (Wildman–Crippen MR) is 99.0 cm³/mol. The van der Waals surface area contributed by atoms with Crippen molar-refractivity contribution >= 4 is 16.1 Å². The topological polar surface area (TPSA) is 76.2 Å². The van der Waals surface area contributed by atoms with Gasteiger partial charge < -0.3 is 14.4 Å². The van der Waals surface area contributed by atoms with E-state index in [1.165, 1.54) is 0 Å². The lowest BCUT2D eigenvalue weighted by molar-refractivity contribution is 0.155. The summed E-state index contributed by atoms with van der Waals surface area (Å²) in [5, 5.41) is 0. The maximum atomic E-state index is 13.0. The molecule has 0 bridgehead atoms. The largest absolute Gasteiger partial charge is 0.497 e. The fraction of sp³-hybridized carbons (Fsp3) is 0.316. The Kier molecular flexibility index (Phi) is 4.22. The van der Waals surface area contributed by atoms with Gasteiger partial charge in [-0.1, -0.05) is 18.2 Å². The van der Waals surface area contributed by atoms with E-state index >= 15 is 0 Å². The van der Waals surface area contributed by atoms with Crippen LogP contribution in [0.25, 0.3) is 0 Å². The van der Waals surface area contributed by atoms with E-state index in [1.54, 1.807) is 49.5 Å². The van der Waals surface area contributed by atoms with Gasteiger partial charge in [0.1, 0.15) is 11.5 Å². The highest BCUT2D eigenvalue weighted by Gasteiger charge is 2.47. The summed E-state index contributed by atoms with van der Waals surface area (Å²) in [6, 6.07) is 11.6. The van der Waals surface area contributed by atoms with Gasteiger partial charge in [0.25, 0.3) is 0 Å². The van der Waals surface area contributed by atoms with Crippen molar-refractivity contribution in [3.05, 3.63) is 59.2 Å². The van der Waals surface area contributed by atoms with Crippen molar-refractivity contribution in [2.24, 2.45) is 0 Å². The van der Waals surface area contributed by atoms with E-state index in [0.29, 0.717) is 18.0 Å². The molecule has 8 heteroatoms. The van der Waals surface area contributed by atoms with Gasteiger partial charge in [-0.15, -0.1) is 0 Å². The second-order valence-electron chi connectivity index (χ2n) is 6.62. The molecule has 1 unspecified atom stereocenters. The van der Waals surface area contributed by atoms with Gasteiger partial charge in [-0.05, 0) is 41.0 Å². The molecule has 2 amide bonds. The molecular weight excluding hydrogens is 368 g/mol. The Morgan fingerprint density at radius 1 is 1.04 bits per heavy atom. The number of carbonyl (C=O) groups is 1. The molecule has 1 saturated heterocycles. The third-order valence-corrected chi connectivity index (χ3v) is 6.77. The third-order valence-electron chi connectivity index (χ3n) is 5.07. The number of amides is 2. The summed E-state index contributed by atoms with van der Waals surface area (Å²) in [6.07, 6.45) is 0. The van der Waals surface area contributed by atoms with E-state index in [4.69, 9.17) is 9.47 Å². The summed E-state index contributed by atoms with van der Waals surface area (Å²) in [5.74, 6) is 1.25. The van der Waals surface area contributed by atoms with Crippen LogP contribution in [-0.4, -0.2) is 43.6 Å². The Bertz CT molecular complexity index is 988. The number of urea groups is 1. The highest BCUT2D eigenvalue weighted by Crippen LogP contribution is 2.41. The molecule has 2 heterocycles. The Hall–Kier alpha value is -2.74. The summed E-state index contributed by atoms with van der Waals surface area (Å²) in [7, 11) is -0.577. The molecule has 2 aromatic carbocycles. The fourth-order valence-corrected chi connectivity index (χ4v) is 5.25. The number of hydrogen-bond acceptors (Lipinski definition) is 5. The number of rotatable bonds is 4. The third kappa shape index (κ3) is 2.99. The lowest BCUT2D eigenvalue weighted by Crippen LogP contribution is -2.52. The van der Waals surface area contributed by atoms with Crippen LogP contribution in [0.5, 0.6) is 11.5 Å². The quantitative estimate of drug-likeness (QED) is 0.805. The average molecular weight is 388 g/mol. The monoisotopic (exact) mass is 388 g/mol. The van der Waals surface area contributed by atoms with Gasteiger partial charge in [0.05, 0.1) is 32.6 Å². The Balaban J connectivity index is 1.62. The number of ether oxygens (including phenoxy) is 2. The number of hydrogen-bond donors (Lipinski definition) is 0. The maximum Gasteiger partial charge on any atom is 0.334 e. The standard InChI is InChI=1S/C19H20N2O5S/c1-25-15-5-3-13(4-6-15)10-21-19(22)20-11-14-9-16(26-2)7-8-17(14)18(20)12-27(21,23)24/h3-9,18H,10-12H2,1-2H3. The second kappa shape index (κ2) is 6.45. The zero-order valence-electron chi connectivity index (χ0n) is 15.1. The average Bonchev–Trinajstić information content (AvgIpc) is 3.02. The van der Waals surface area contributed by atoms with Crippen LogP contribution in [0.15, 0.2) is 42.5 Å². The normalized spacial score (nSPS) is 20.2. The van der Waals surface area contributed by atoms with Gasteiger partial charge in [0.2, 0.25) is 10.0 Å². The first-order chi connectivity index (χ1) is 12.9. The molecule has 1 fully saturated rings. The summed E-state index contributed by atoms with van der Waals surface area (Å²) in [6.45, 7) is 0.388. The van der Waals surface area contributed by atoms with Crippen molar-refractivity contribution in [1.82, 2.24) is 9.21 Å². The smallest absolute Gasteiger partial charge is 0.334 e. The van der Waals surface area contributed by atoms with Crippen LogP contribution in [0.2, 0.25) is 0 Å². The number of carbonyl (C=O) groups excluding carboxylic acids is 1. The van der Waals surface area contributed by atoms with Crippen LogP contribution < -0.4 is 9.47 Å². The fourth-order valence-electron chi connectivity index (χ4n) is 3.63. The van der Waals surface area contributed by atoms with Crippen molar-refractivity contribution in [3.63, 3.8) is 0 Å². The van der Waals surface area contributed by atoms with Crippen molar-refractivity contribution in [2.45, 2.75) is 19.1 Å². The summed E-state index contributed by atoms with van der Waals surface area (Å²) < 4.78 is 37.0. The molecule has 4 rings (SSSR count). The SMILES string of the molecule is COc1ccc(CN2C(=O)N3Cc4cc(OC)ccc4C3CS2(=O)=O)cc1. The molecule has 0 saturated carbocycles. The molecule has 0 radical (unpaired) electrons. The molecule has 142 valence electrons. The first kappa shape index (κ1) is 17.7. The summed E-state index contributed by atoms with van der Waals surface area (Å²) >= 11 is 0. The van der Waals surface area contributed by atoms with Gasteiger partial charge in [0, 0.05) is 6.54 Å². The Morgan fingerprint density at radius 2 is 1.70 bits per heavy atom. The number of fused-ring (bicyclic) bond motifs is 3. The van der Waals surface area contributed by atoms with Crippen molar-refractivity contribution < 1.29 is 22.7 Å². The maximum absolute atomic E-state index is 13.0. The first-order valence-corrected chi connectivity index (χ1v) is 10.1. The van der Waals surface area contributed by atoms with Gasteiger partial charge in [-0.2, -0.15) is 0 Å². The molecular formula is C19H20N2O5S. The van der Waals surface area contributed by atoms with Gasteiger partial charge >= 0.3 is 6.03 Å². The van der Waals surface area contributed by atoms with Gasteiger partial charge in [-0.3, -0.25) is 0 Å². The second-order valence-corrected chi connectivity index (χ2v) is 8.56. The summed E-state index contributed by atoms with van der Waals surface area (Å²) in [5.41, 5.74) is 2.52. The van der Waals surface area contributed by atoms with Crippen LogP contribution >= 0.6 is 0 Å². The van der Waals surface area contributed by atoms with Gasteiger partial charge in [-0.25, -0.2) is 17.5 Å². The minimum absolute atomic E-state index is 0.00798. The lowest BCUT2D eigenvalue weighted by Gasteiger charge is -2.37. The molecule has 2 aliphatic heterocycles. The van der Waals surface area contributed by atoms with Crippen molar-refractivity contribution in [3.8, 4) is 11.5 Å². The van der Waals surface area contributed by atoms with E-state index in [1.807, 2.05) is 12.1 Å². The highest BCUT2D eigenvalue weighted by atomic mass is 32.2. The van der Waals surface area contributed by atoms with Crippen LogP contribution in [0.1, 0.15) is 22.7 Å². The molecule has 7 nitrogen and oxygen atoms in total. The van der Waals surface area contributed by atoms with Crippen LogP contribution in [0.4, 0.5) is 4.79 Å². The van der Waals surface area contributed by atoms with E-state index in [0.717, 1.165) is 21.0 Å². The number of methoxy groups -OCH3 is 2. The molecule has 1 atom stereocenters. The van der Waals surface area contributed by atoms with E-state index in [-0.39, 0.29) is 12.3 Å². The van der Waals surface area contributed by atoms with Gasteiger partial charge in [0.15, 0.2) is 0 Å². The van der Waals surface area contributed by atoms with Crippen LogP contribution in [0.3, 0.4) is 0 Å². The van der Waals surface area contributed by atoms with E-state index in [2.05, 4.69) is 0 Å². The number of benzene rings is 2. The Labute approximate surface area is 158 Å². The zero-order valence-corrected chi connectivity index (χ0v) is 15.9. The molecule has 2 aromatic rings.